The van der Waals surface area contributed by atoms with Crippen molar-refractivity contribution >= 4 is 21.9 Å². The molecule has 0 spiro atoms. The second-order valence-electron chi connectivity index (χ2n) is 5.52. The number of halogens is 1. The van der Waals surface area contributed by atoms with Crippen LogP contribution in [0.3, 0.4) is 0 Å². The average molecular weight is 378 g/mol. The molecule has 0 amide bonds. The summed E-state index contributed by atoms with van der Waals surface area (Å²) in [5, 5.41) is 21.8. The number of carboxylic acids is 1. The van der Waals surface area contributed by atoms with Crippen molar-refractivity contribution in [2.24, 2.45) is 5.92 Å². The zero-order chi connectivity index (χ0) is 16.7. The first kappa shape index (κ1) is 17.7. The molecule has 0 saturated heterocycles. The number of aliphatic hydroxyl groups is 1. The summed E-state index contributed by atoms with van der Waals surface area (Å²) in [7, 11) is 0. The van der Waals surface area contributed by atoms with Gasteiger partial charge in [-0.25, -0.2) is 4.79 Å². The van der Waals surface area contributed by atoms with Gasteiger partial charge in [0.05, 0.1) is 5.56 Å². The molecule has 2 aromatic carbocycles. The summed E-state index contributed by atoms with van der Waals surface area (Å²) in [4.78, 5) is 11.0. The van der Waals surface area contributed by atoms with Gasteiger partial charge in [-0.3, -0.25) is 0 Å². The molecular formula is C18H20BrNO3. The van der Waals surface area contributed by atoms with Crippen LogP contribution in [0.1, 0.15) is 21.5 Å². The lowest BCUT2D eigenvalue weighted by Gasteiger charge is -2.15. The minimum Gasteiger partial charge on any atom is -0.478 e. The molecule has 23 heavy (non-hydrogen) atoms. The van der Waals surface area contributed by atoms with Crippen molar-refractivity contribution in [3.63, 3.8) is 0 Å². The van der Waals surface area contributed by atoms with E-state index in [9.17, 15) is 9.90 Å². The van der Waals surface area contributed by atoms with Crippen LogP contribution in [0, 0.1) is 5.92 Å². The van der Waals surface area contributed by atoms with E-state index in [2.05, 4.69) is 27.3 Å². The van der Waals surface area contributed by atoms with Gasteiger partial charge in [-0.1, -0.05) is 40.2 Å². The highest BCUT2D eigenvalue weighted by molar-refractivity contribution is 9.10. The van der Waals surface area contributed by atoms with Crippen molar-refractivity contribution in [1.29, 1.82) is 0 Å². The molecular weight excluding hydrogens is 358 g/mol. The van der Waals surface area contributed by atoms with Crippen LogP contribution in [0.5, 0.6) is 0 Å². The molecule has 0 aliphatic heterocycles. The Morgan fingerprint density at radius 1 is 1.13 bits per heavy atom. The minimum absolute atomic E-state index is 0.106. The summed E-state index contributed by atoms with van der Waals surface area (Å²) in [5.74, 6) is -0.804. The number of aromatic carboxylic acids is 1. The summed E-state index contributed by atoms with van der Waals surface area (Å²) in [5.41, 5.74) is 2.38. The molecule has 3 N–H and O–H groups in total. The molecule has 0 radical (unpaired) electrons. The summed E-state index contributed by atoms with van der Waals surface area (Å²) in [6.07, 6.45) is 0.790. The van der Waals surface area contributed by atoms with Crippen molar-refractivity contribution in [1.82, 2.24) is 5.32 Å². The molecule has 0 aliphatic rings. The molecule has 0 aliphatic carbocycles. The van der Waals surface area contributed by atoms with Gasteiger partial charge < -0.3 is 15.5 Å². The first-order chi connectivity index (χ1) is 11.1. The van der Waals surface area contributed by atoms with E-state index in [1.54, 1.807) is 18.2 Å². The van der Waals surface area contributed by atoms with Gasteiger partial charge in [-0.15, -0.1) is 0 Å². The number of carboxylic acid groups (broad SMARTS) is 1. The molecule has 2 rings (SSSR count). The van der Waals surface area contributed by atoms with E-state index in [0.717, 1.165) is 16.5 Å². The fraction of sp³-hybridized carbons (Fsp3) is 0.278. The largest absolute Gasteiger partial charge is 0.478 e. The van der Waals surface area contributed by atoms with Gasteiger partial charge in [0.25, 0.3) is 0 Å². The predicted octanol–water partition coefficient (Wildman–Crippen LogP) is 3.09. The quantitative estimate of drug-likeness (QED) is 0.660. The van der Waals surface area contributed by atoms with Crippen molar-refractivity contribution in [2.75, 3.05) is 13.2 Å². The predicted molar refractivity (Wildman–Crippen MR) is 93.5 cm³/mol. The highest BCUT2D eigenvalue weighted by Crippen LogP contribution is 2.15. The van der Waals surface area contributed by atoms with Crippen LogP contribution >= 0.6 is 15.9 Å². The fourth-order valence-corrected chi connectivity index (χ4v) is 2.88. The maximum absolute atomic E-state index is 11.0. The van der Waals surface area contributed by atoms with Gasteiger partial charge in [0.15, 0.2) is 0 Å². The third kappa shape index (κ3) is 5.78. The van der Waals surface area contributed by atoms with Crippen molar-refractivity contribution in [3.05, 3.63) is 69.7 Å². The van der Waals surface area contributed by atoms with Gasteiger partial charge >= 0.3 is 5.97 Å². The van der Waals surface area contributed by atoms with Crippen LogP contribution in [0.2, 0.25) is 0 Å². The first-order valence-corrected chi connectivity index (χ1v) is 8.26. The van der Waals surface area contributed by atoms with E-state index >= 15 is 0 Å². The van der Waals surface area contributed by atoms with Crippen molar-refractivity contribution < 1.29 is 15.0 Å². The second-order valence-corrected chi connectivity index (χ2v) is 6.43. The number of nitrogens with one attached hydrogen (secondary N) is 1. The lowest BCUT2D eigenvalue weighted by molar-refractivity contribution is 0.0696. The van der Waals surface area contributed by atoms with Crippen LogP contribution in [-0.2, 0) is 13.0 Å². The molecule has 122 valence electrons. The zero-order valence-electron chi connectivity index (χ0n) is 12.7. The smallest absolute Gasteiger partial charge is 0.335 e. The standard InChI is InChI=1S/C18H20BrNO3/c19-17-6-2-3-13(9-17)7-15(12-21)11-20-10-14-4-1-5-16(8-14)18(22)23/h1-6,8-9,15,20-21H,7,10-12H2,(H,22,23). The monoisotopic (exact) mass is 377 g/mol. The molecule has 0 aromatic heterocycles. The highest BCUT2D eigenvalue weighted by atomic mass is 79.9. The van der Waals surface area contributed by atoms with Crippen LogP contribution in [0.25, 0.3) is 0 Å². The second kappa shape index (κ2) is 8.82. The van der Waals surface area contributed by atoms with E-state index in [-0.39, 0.29) is 18.1 Å². The van der Waals surface area contributed by atoms with Gasteiger partial charge in [0, 0.05) is 24.2 Å². The summed E-state index contributed by atoms with van der Waals surface area (Å²) >= 11 is 3.45. The number of rotatable bonds is 8. The van der Waals surface area contributed by atoms with Crippen LogP contribution in [0.4, 0.5) is 0 Å². The maximum Gasteiger partial charge on any atom is 0.335 e. The van der Waals surface area contributed by atoms with E-state index in [1.807, 2.05) is 24.3 Å². The molecule has 4 nitrogen and oxygen atoms in total. The number of hydrogen-bond donors (Lipinski definition) is 3. The summed E-state index contributed by atoms with van der Waals surface area (Å²) in [6, 6.07) is 14.9. The first-order valence-electron chi connectivity index (χ1n) is 7.46. The Morgan fingerprint density at radius 2 is 1.87 bits per heavy atom. The molecule has 0 saturated carbocycles. The Balaban J connectivity index is 1.86. The Hall–Kier alpha value is -1.69. The molecule has 0 bridgehead atoms. The van der Waals surface area contributed by atoms with Crippen molar-refractivity contribution in [3.8, 4) is 0 Å². The molecule has 5 heteroatoms. The topological polar surface area (TPSA) is 69.6 Å². The minimum atomic E-state index is -0.922. The Bertz CT molecular complexity index is 660. The van der Waals surface area contributed by atoms with Crippen LogP contribution in [0.15, 0.2) is 53.0 Å². The molecule has 1 atom stereocenters. The van der Waals surface area contributed by atoms with E-state index < -0.39 is 5.97 Å². The van der Waals surface area contributed by atoms with Crippen LogP contribution < -0.4 is 5.32 Å². The normalized spacial score (nSPS) is 12.1. The Kier molecular flexibility index (Phi) is 6.77. The van der Waals surface area contributed by atoms with Gasteiger partial charge in [0.1, 0.15) is 0 Å². The third-order valence-electron chi connectivity index (χ3n) is 3.61. The van der Waals surface area contributed by atoms with Crippen LogP contribution in [-0.4, -0.2) is 29.3 Å². The number of hydrogen-bond acceptors (Lipinski definition) is 3. The Morgan fingerprint density at radius 3 is 2.57 bits per heavy atom. The number of aliphatic hydroxyl groups excluding tert-OH is 1. The van der Waals surface area contributed by atoms with Crippen molar-refractivity contribution in [2.45, 2.75) is 13.0 Å². The average Bonchev–Trinajstić information content (AvgIpc) is 2.54. The zero-order valence-corrected chi connectivity index (χ0v) is 14.3. The van der Waals surface area contributed by atoms with Gasteiger partial charge in [-0.2, -0.15) is 0 Å². The van der Waals surface area contributed by atoms with E-state index in [1.165, 1.54) is 5.56 Å². The lowest BCUT2D eigenvalue weighted by atomic mass is 10.00. The third-order valence-corrected chi connectivity index (χ3v) is 4.10. The molecule has 2 aromatic rings. The fourth-order valence-electron chi connectivity index (χ4n) is 2.43. The van der Waals surface area contributed by atoms with E-state index in [0.29, 0.717) is 13.1 Å². The summed E-state index contributed by atoms with van der Waals surface area (Å²) < 4.78 is 1.03. The summed E-state index contributed by atoms with van der Waals surface area (Å²) in [6.45, 7) is 1.35. The lowest BCUT2D eigenvalue weighted by Crippen LogP contribution is -2.26. The molecule has 1 unspecified atom stereocenters. The number of carbonyl (C=O) groups is 1. The van der Waals surface area contributed by atoms with E-state index in [4.69, 9.17) is 5.11 Å². The SMILES string of the molecule is O=C(O)c1cccc(CNCC(CO)Cc2cccc(Br)c2)c1. The number of benzene rings is 2. The van der Waals surface area contributed by atoms with Gasteiger partial charge in [-0.05, 0) is 47.7 Å². The maximum atomic E-state index is 11.0. The molecule has 0 fully saturated rings. The highest BCUT2D eigenvalue weighted by Gasteiger charge is 2.09. The molecule has 0 heterocycles. The van der Waals surface area contributed by atoms with Gasteiger partial charge in [0.2, 0.25) is 0 Å². The Labute approximate surface area is 144 Å².